The van der Waals surface area contributed by atoms with Gasteiger partial charge in [0.1, 0.15) is 0 Å². The van der Waals surface area contributed by atoms with E-state index in [1.807, 2.05) is 0 Å². The average molecular weight is 253 g/mol. The van der Waals surface area contributed by atoms with E-state index >= 15 is 0 Å². The first-order valence-corrected chi connectivity index (χ1v) is 5.32. The number of hydrogen-bond acceptors (Lipinski definition) is 4. The van der Waals surface area contributed by atoms with Gasteiger partial charge in [-0.3, -0.25) is 4.68 Å². The molecule has 2 aromatic rings. The molecule has 0 atom stereocenters. The number of aryl methyl sites for hydroxylation is 2. The highest BCUT2D eigenvalue weighted by atomic mass is 19.1. The third-order valence-corrected chi connectivity index (χ3v) is 2.43. The third kappa shape index (κ3) is 2.24. The fraction of sp³-hybridized carbons (Fsp3) is 0.273. The van der Waals surface area contributed by atoms with E-state index in [9.17, 15) is 8.78 Å². The van der Waals surface area contributed by atoms with E-state index in [1.54, 1.807) is 24.9 Å². The van der Waals surface area contributed by atoms with Crippen LogP contribution in [-0.2, 0) is 7.05 Å². The predicted molar refractivity (Wildman–Crippen MR) is 64.9 cm³/mol. The highest BCUT2D eigenvalue weighted by Crippen LogP contribution is 2.23. The van der Waals surface area contributed by atoms with E-state index in [0.29, 0.717) is 11.4 Å². The molecule has 2 aromatic heterocycles. The lowest BCUT2D eigenvalue weighted by atomic mass is 10.3. The van der Waals surface area contributed by atoms with Gasteiger partial charge in [-0.05, 0) is 6.92 Å². The summed E-state index contributed by atoms with van der Waals surface area (Å²) in [5.41, 5.74) is 1.33. The smallest absolute Gasteiger partial charge is 0.169 e. The topological polar surface area (TPSA) is 54.8 Å². The van der Waals surface area contributed by atoms with Crippen LogP contribution in [0.4, 0.5) is 26.1 Å². The Balaban J connectivity index is 2.37. The molecule has 0 aliphatic rings. The Labute approximate surface area is 103 Å². The van der Waals surface area contributed by atoms with Crippen molar-refractivity contribution in [3.63, 3.8) is 0 Å². The van der Waals surface area contributed by atoms with E-state index in [4.69, 9.17) is 0 Å². The van der Waals surface area contributed by atoms with Gasteiger partial charge < -0.3 is 10.6 Å². The van der Waals surface area contributed by atoms with Gasteiger partial charge in [-0.15, -0.1) is 0 Å². The third-order valence-electron chi connectivity index (χ3n) is 2.43. The molecule has 0 aliphatic heterocycles. The number of nitrogens with one attached hydrogen (secondary N) is 2. The second kappa shape index (κ2) is 4.59. The van der Waals surface area contributed by atoms with Crippen LogP contribution in [0, 0.1) is 18.6 Å². The SMILES string of the molecule is CNc1nc(Nc2cn(C)nc2C)c(F)cc1F. The molecule has 0 saturated carbocycles. The molecule has 0 unspecified atom stereocenters. The molecule has 0 radical (unpaired) electrons. The van der Waals surface area contributed by atoms with Crippen LogP contribution in [0.5, 0.6) is 0 Å². The van der Waals surface area contributed by atoms with Crippen molar-refractivity contribution in [2.45, 2.75) is 6.92 Å². The number of hydrogen-bond donors (Lipinski definition) is 2. The lowest BCUT2D eigenvalue weighted by molar-refractivity contribution is 0.580. The Morgan fingerprint density at radius 3 is 2.44 bits per heavy atom. The van der Waals surface area contributed by atoms with Crippen LogP contribution < -0.4 is 10.6 Å². The zero-order valence-corrected chi connectivity index (χ0v) is 10.3. The van der Waals surface area contributed by atoms with Crippen molar-refractivity contribution < 1.29 is 8.78 Å². The van der Waals surface area contributed by atoms with Gasteiger partial charge >= 0.3 is 0 Å². The molecule has 0 aliphatic carbocycles. The highest BCUT2D eigenvalue weighted by molar-refractivity contribution is 5.60. The van der Waals surface area contributed by atoms with Crippen molar-refractivity contribution in [2.24, 2.45) is 7.05 Å². The summed E-state index contributed by atoms with van der Waals surface area (Å²) < 4.78 is 28.4. The van der Waals surface area contributed by atoms with E-state index < -0.39 is 11.6 Å². The first-order valence-electron chi connectivity index (χ1n) is 5.32. The second-order valence-electron chi connectivity index (χ2n) is 3.83. The number of aromatic nitrogens is 3. The summed E-state index contributed by atoms with van der Waals surface area (Å²) in [5.74, 6) is -1.55. The van der Waals surface area contributed by atoms with Crippen molar-refractivity contribution in [2.75, 3.05) is 17.7 Å². The van der Waals surface area contributed by atoms with E-state index in [-0.39, 0.29) is 11.6 Å². The van der Waals surface area contributed by atoms with Crippen LogP contribution in [0.2, 0.25) is 0 Å². The largest absolute Gasteiger partial charge is 0.371 e. The summed E-state index contributed by atoms with van der Waals surface area (Å²) in [4.78, 5) is 3.83. The molecule has 96 valence electrons. The maximum absolute atomic E-state index is 13.6. The molecule has 0 bridgehead atoms. The number of rotatable bonds is 3. The van der Waals surface area contributed by atoms with Crippen molar-refractivity contribution in [3.05, 3.63) is 29.6 Å². The highest BCUT2D eigenvalue weighted by Gasteiger charge is 2.12. The predicted octanol–water partition coefficient (Wildman–Crippen LogP) is 2.19. The summed E-state index contributed by atoms with van der Waals surface area (Å²) >= 11 is 0. The first-order chi connectivity index (χ1) is 8.51. The van der Waals surface area contributed by atoms with Gasteiger partial charge in [0.25, 0.3) is 0 Å². The molecule has 2 N–H and O–H groups in total. The monoisotopic (exact) mass is 253 g/mol. The molecule has 0 fully saturated rings. The van der Waals surface area contributed by atoms with E-state index in [0.717, 1.165) is 6.07 Å². The van der Waals surface area contributed by atoms with Gasteiger partial charge in [-0.25, -0.2) is 13.8 Å². The van der Waals surface area contributed by atoms with Crippen LogP contribution >= 0.6 is 0 Å². The Morgan fingerprint density at radius 2 is 1.89 bits per heavy atom. The zero-order chi connectivity index (χ0) is 13.3. The van der Waals surface area contributed by atoms with Crippen molar-refractivity contribution in [3.8, 4) is 0 Å². The molecule has 0 aromatic carbocycles. The van der Waals surface area contributed by atoms with Crippen LogP contribution in [0.15, 0.2) is 12.3 Å². The molecule has 0 amide bonds. The lowest BCUT2D eigenvalue weighted by Gasteiger charge is -2.08. The number of nitrogens with zero attached hydrogens (tertiary/aromatic N) is 3. The zero-order valence-electron chi connectivity index (χ0n) is 10.3. The molecule has 5 nitrogen and oxygen atoms in total. The van der Waals surface area contributed by atoms with Gasteiger partial charge in [0, 0.05) is 26.4 Å². The molecule has 0 saturated heterocycles. The van der Waals surface area contributed by atoms with Crippen LogP contribution in [0.25, 0.3) is 0 Å². The maximum Gasteiger partial charge on any atom is 0.169 e. The van der Waals surface area contributed by atoms with E-state index in [2.05, 4.69) is 20.7 Å². The Hall–Kier alpha value is -2.18. The molecule has 2 heterocycles. The summed E-state index contributed by atoms with van der Waals surface area (Å²) in [7, 11) is 3.27. The van der Waals surface area contributed by atoms with Crippen LogP contribution in [-0.4, -0.2) is 21.8 Å². The average Bonchev–Trinajstić information content (AvgIpc) is 2.61. The van der Waals surface area contributed by atoms with Gasteiger partial charge in [0.15, 0.2) is 23.3 Å². The van der Waals surface area contributed by atoms with Gasteiger partial charge in [0.05, 0.1) is 11.4 Å². The summed E-state index contributed by atoms with van der Waals surface area (Å²) in [6.07, 6.45) is 1.69. The standard InChI is InChI=1S/C11H13F2N5/c1-6-9(5-18(3)17-6)15-11-8(13)4-7(12)10(14-2)16-11/h4-5H,1-3H3,(H2,14,15,16). The van der Waals surface area contributed by atoms with Gasteiger partial charge in [-0.1, -0.05) is 0 Å². The number of halogens is 2. The maximum atomic E-state index is 13.6. The Bertz CT molecular complexity index is 579. The first kappa shape index (κ1) is 12.3. The van der Waals surface area contributed by atoms with Gasteiger partial charge in [-0.2, -0.15) is 5.10 Å². The minimum absolute atomic E-state index is 0.0135. The van der Waals surface area contributed by atoms with Gasteiger partial charge in [0.2, 0.25) is 0 Å². The minimum Gasteiger partial charge on any atom is -0.371 e. The van der Waals surface area contributed by atoms with Crippen molar-refractivity contribution >= 4 is 17.3 Å². The fourth-order valence-corrected chi connectivity index (χ4v) is 1.58. The quantitative estimate of drug-likeness (QED) is 0.880. The normalized spacial score (nSPS) is 10.5. The van der Waals surface area contributed by atoms with Crippen molar-refractivity contribution in [1.29, 1.82) is 0 Å². The summed E-state index contributed by atoms with van der Waals surface area (Å²) in [5, 5.41) is 9.45. The van der Waals surface area contributed by atoms with Crippen molar-refractivity contribution in [1.82, 2.24) is 14.8 Å². The minimum atomic E-state index is -0.755. The molecule has 7 heteroatoms. The molecule has 0 spiro atoms. The number of anilines is 3. The summed E-state index contributed by atoms with van der Waals surface area (Å²) in [6.45, 7) is 1.78. The lowest BCUT2D eigenvalue weighted by Crippen LogP contribution is -2.03. The second-order valence-corrected chi connectivity index (χ2v) is 3.83. The fourth-order valence-electron chi connectivity index (χ4n) is 1.58. The van der Waals surface area contributed by atoms with Crippen LogP contribution in [0.1, 0.15) is 5.69 Å². The molecule has 2 rings (SSSR count). The van der Waals surface area contributed by atoms with E-state index in [1.165, 1.54) is 7.05 Å². The Morgan fingerprint density at radius 1 is 1.22 bits per heavy atom. The van der Waals surface area contributed by atoms with Crippen LogP contribution in [0.3, 0.4) is 0 Å². The number of pyridine rings is 1. The molecular formula is C11H13F2N5. The molecule has 18 heavy (non-hydrogen) atoms. The summed E-state index contributed by atoms with van der Waals surface area (Å²) in [6, 6.07) is 0.785. The Kier molecular flexibility index (Phi) is 3.14. The molecular weight excluding hydrogens is 240 g/mol.